The summed E-state index contributed by atoms with van der Waals surface area (Å²) in [6, 6.07) is 13.8. The van der Waals surface area contributed by atoms with Crippen LogP contribution in [0.25, 0.3) is 0 Å². The molecule has 144 valence electrons. The Morgan fingerprint density at radius 2 is 1.78 bits per heavy atom. The number of anilines is 1. The molecule has 3 rings (SSSR count). The molecule has 0 spiro atoms. The van der Waals surface area contributed by atoms with E-state index in [1.807, 2.05) is 30.3 Å². The maximum atomic E-state index is 12.9. The Morgan fingerprint density at radius 3 is 2.41 bits per heavy atom. The number of nitrogens with zero attached hydrogens (tertiary/aromatic N) is 2. The van der Waals surface area contributed by atoms with E-state index in [-0.39, 0.29) is 16.2 Å². The van der Waals surface area contributed by atoms with Crippen LogP contribution in [0.5, 0.6) is 5.75 Å². The highest BCUT2D eigenvalue weighted by Crippen LogP contribution is 2.29. The monoisotopic (exact) mass is 389 g/mol. The lowest BCUT2D eigenvalue weighted by molar-refractivity contribution is 0.0951. The lowest BCUT2D eigenvalue weighted by atomic mass is 10.2. The number of amides is 1. The molecular weight excluding hydrogens is 366 g/mol. The van der Waals surface area contributed by atoms with Crippen molar-refractivity contribution < 1.29 is 17.9 Å². The van der Waals surface area contributed by atoms with Crippen molar-refractivity contribution >= 4 is 21.6 Å². The summed E-state index contributed by atoms with van der Waals surface area (Å²) in [6.07, 6.45) is 1.67. The van der Waals surface area contributed by atoms with Gasteiger partial charge in [-0.3, -0.25) is 15.2 Å². The first-order chi connectivity index (χ1) is 12.9. The van der Waals surface area contributed by atoms with E-state index in [9.17, 15) is 13.2 Å². The van der Waals surface area contributed by atoms with E-state index in [0.717, 1.165) is 18.5 Å². The molecule has 0 aromatic heterocycles. The van der Waals surface area contributed by atoms with E-state index in [1.165, 1.54) is 23.5 Å². The van der Waals surface area contributed by atoms with Gasteiger partial charge in [0.05, 0.1) is 12.8 Å². The third-order valence-electron chi connectivity index (χ3n) is 4.52. The Balaban J connectivity index is 1.87. The minimum Gasteiger partial charge on any atom is -0.495 e. The molecular formula is C19H23N3O4S. The van der Waals surface area contributed by atoms with Crippen molar-refractivity contribution in [3.63, 3.8) is 0 Å². The average molecular weight is 389 g/mol. The van der Waals surface area contributed by atoms with Crippen LogP contribution in [-0.2, 0) is 10.0 Å². The summed E-state index contributed by atoms with van der Waals surface area (Å²) in [4.78, 5) is 12.6. The molecule has 0 saturated carbocycles. The van der Waals surface area contributed by atoms with Crippen molar-refractivity contribution in [2.24, 2.45) is 0 Å². The van der Waals surface area contributed by atoms with Gasteiger partial charge < -0.3 is 4.74 Å². The molecule has 0 atom stereocenters. The molecule has 1 N–H and O–H groups in total. The van der Waals surface area contributed by atoms with E-state index in [2.05, 4.69) is 5.43 Å². The number of ether oxygens (including phenoxy) is 1. The second kappa shape index (κ2) is 7.98. The summed E-state index contributed by atoms with van der Waals surface area (Å²) in [5.74, 6) is -0.170. The Bertz CT molecular complexity index is 910. The van der Waals surface area contributed by atoms with Gasteiger partial charge in [-0.1, -0.05) is 18.2 Å². The van der Waals surface area contributed by atoms with Gasteiger partial charge in [-0.05, 0) is 43.2 Å². The Kier molecular flexibility index (Phi) is 5.67. The van der Waals surface area contributed by atoms with Crippen molar-refractivity contribution in [3.05, 3.63) is 54.1 Å². The van der Waals surface area contributed by atoms with Gasteiger partial charge in [0.1, 0.15) is 10.6 Å². The number of carbonyl (C=O) groups excluding carboxylic acids is 1. The van der Waals surface area contributed by atoms with E-state index in [4.69, 9.17) is 4.74 Å². The summed E-state index contributed by atoms with van der Waals surface area (Å²) in [6.45, 7) is 0.970. The fraction of sp³-hybridized carbons (Fsp3) is 0.316. The van der Waals surface area contributed by atoms with Crippen LogP contribution < -0.4 is 15.2 Å². The highest BCUT2D eigenvalue weighted by molar-refractivity contribution is 7.89. The zero-order chi connectivity index (χ0) is 19.4. The first kappa shape index (κ1) is 19.2. The second-order valence-electron chi connectivity index (χ2n) is 6.31. The molecule has 7 nitrogen and oxygen atoms in total. The van der Waals surface area contributed by atoms with Crippen LogP contribution in [0.1, 0.15) is 23.2 Å². The minimum absolute atomic E-state index is 0.0157. The third-order valence-corrected chi connectivity index (χ3v) is 6.44. The van der Waals surface area contributed by atoms with Gasteiger partial charge in [0, 0.05) is 25.7 Å². The van der Waals surface area contributed by atoms with Gasteiger partial charge in [0.2, 0.25) is 10.0 Å². The number of sulfonamides is 1. The number of hydrogen-bond donors (Lipinski definition) is 1. The van der Waals surface area contributed by atoms with Crippen LogP contribution in [-0.4, -0.2) is 45.9 Å². The van der Waals surface area contributed by atoms with E-state index in [0.29, 0.717) is 13.1 Å². The second-order valence-corrected chi connectivity index (χ2v) is 8.22. The van der Waals surface area contributed by atoms with Crippen molar-refractivity contribution in [2.75, 3.05) is 32.3 Å². The smallest absolute Gasteiger partial charge is 0.269 e. The van der Waals surface area contributed by atoms with Gasteiger partial charge >= 0.3 is 0 Å². The number of nitrogens with one attached hydrogen (secondary N) is 1. The van der Waals surface area contributed by atoms with Crippen LogP contribution in [0, 0.1) is 0 Å². The Labute approximate surface area is 159 Å². The summed E-state index contributed by atoms with van der Waals surface area (Å²) < 4.78 is 32.5. The van der Waals surface area contributed by atoms with Crippen molar-refractivity contribution in [1.29, 1.82) is 0 Å². The van der Waals surface area contributed by atoms with Gasteiger partial charge in [-0.25, -0.2) is 8.42 Å². The molecule has 8 heteroatoms. The molecule has 1 heterocycles. The molecule has 0 bridgehead atoms. The van der Waals surface area contributed by atoms with Crippen LogP contribution in [0.3, 0.4) is 0 Å². The molecule has 0 radical (unpaired) electrons. The van der Waals surface area contributed by atoms with Crippen molar-refractivity contribution in [1.82, 2.24) is 9.73 Å². The molecule has 1 amide bonds. The quantitative estimate of drug-likeness (QED) is 0.767. The Morgan fingerprint density at radius 1 is 1.11 bits per heavy atom. The van der Waals surface area contributed by atoms with Gasteiger partial charge in [0.15, 0.2) is 0 Å². The molecule has 1 aliphatic rings. The third kappa shape index (κ3) is 4.06. The van der Waals surface area contributed by atoms with E-state index >= 15 is 0 Å². The van der Waals surface area contributed by atoms with Crippen molar-refractivity contribution in [2.45, 2.75) is 17.7 Å². The Hall–Kier alpha value is -2.58. The predicted molar refractivity (Wildman–Crippen MR) is 103 cm³/mol. The zero-order valence-electron chi connectivity index (χ0n) is 15.4. The number of carbonyl (C=O) groups is 1. The number of benzene rings is 2. The average Bonchev–Trinajstić information content (AvgIpc) is 3.23. The SMILES string of the molecule is COc1ccc(C(=O)NN(C)c2ccccc2)cc1S(=O)(=O)N1CCCC1. The highest BCUT2D eigenvalue weighted by atomic mass is 32.2. The lowest BCUT2D eigenvalue weighted by Crippen LogP contribution is -2.39. The largest absolute Gasteiger partial charge is 0.495 e. The molecule has 1 aliphatic heterocycles. The topological polar surface area (TPSA) is 79.0 Å². The fourth-order valence-electron chi connectivity index (χ4n) is 3.02. The summed E-state index contributed by atoms with van der Waals surface area (Å²) >= 11 is 0. The van der Waals surface area contributed by atoms with Gasteiger partial charge in [0.25, 0.3) is 5.91 Å². The lowest BCUT2D eigenvalue weighted by Gasteiger charge is -2.21. The number of para-hydroxylation sites is 1. The molecule has 2 aromatic carbocycles. The zero-order valence-corrected chi connectivity index (χ0v) is 16.2. The molecule has 1 saturated heterocycles. The minimum atomic E-state index is -3.70. The van der Waals surface area contributed by atoms with Gasteiger partial charge in [-0.2, -0.15) is 4.31 Å². The standard InChI is InChI=1S/C19H23N3O4S/c1-21(16-8-4-3-5-9-16)20-19(23)15-10-11-17(26-2)18(14-15)27(24,25)22-12-6-7-13-22/h3-5,8-11,14H,6-7,12-13H2,1-2H3,(H,20,23). The molecule has 1 fully saturated rings. The predicted octanol–water partition coefficient (Wildman–Crippen LogP) is 2.26. The number of rotatable bonds is 6. The van der Waals surface area contributed by atoms with Gasteiger partial charge in [-0.15, -0.1) is 0 Å². The normalized spacial score (nSPS) is 14.7. The van der Waals surface area contributed by atoms with Crippen LogP contribution in [0.15, 0.2) is 53.4 Å². The molecule has 0 aliphatic carbocycles. The maximum Gasteiger partial charge on any atom is 0.269 e. The molecule has 0 unspecified atom stereocenters. The summed E-state index contributed by atoms with van der Waals surface area (Å²) in [5, 5.41) is 1.58. The molecule has 2 aromatic rings. The van der Waals surface area contributed by atoms with E-state index in [1.54, 1.807) is 18.1 Å². The number of hydrogen-bond acceptors (Lipinski definition) is 5. The fourth-order valence-corrected chi connectivity index (χ4v) is 4.72. The highest BCUT2D eigenvalue weighted by Gasteiger charge is 2.30. The summed E-state index contributed by atoms with van der Waals surface area (Å²) in [5.41, 5.74) is 3.80. The molecule has 27 heavy (non-hydrogen) atoms. The first-order valence-electron chi connectivity index (χ1n) is 8.71. The number of hydrazine groups is 1. The maximum absolute atomic E-state index is 12.9. The van der Waals surface area contributed by atoms with Crippen molar-refractivity contribution in [3.8, 4) is 5.75 Å². The summed E-state index contributed by atoms with van der Waals surface area (Å²) in [7, 11) is -0.565. The van der Waals surface area contributed by atoms with E-state index < -0.39 is 15.9 Å². The number of methoxy groups -OCH3 is 1. The van der Waals surface area contributed by atoms with Crippen LogP contribution >= 0.6 is 0 Å². The first-order valence-corrected chi connectivity index (χ1v) is 10.2. The van der Waals surface area contributed by atoms with Crippen LogP contribution in [0.2, 0.25) is 0 Å². The van der Waals surface area contributed by atoms with Crippen LogP contribution in [0.4, 0.5) is 5.69 Å².